The van der Waals surface area contributed by atoms with Crippen molar-refractivity contribution in [1.29, 1.82) is 0 Å². The number of hydrogen-bond donors (Lipinski definition) is 2. The van der Waals surface area contributed by atoms with E-state index in [9.17, 15) is 10.2 Å². The Kier molecular flexibility index (Phi) is 4.32. The Morgan fingerprint density at radius 1 is 0.741 bits per heavy atom. The van der Waals surface area contributed by atoms with Crippen LogP contribution in [-0.2, 0) is 0 Å². The van der Waals surface area contributed by atoms with Gasteiger partial charge in [0.15, 0.2) is 0 Å². The smallest absolute Gasteiger partial charge is 0.274 e. The molecule has 2 aromatic carbocycles. The molecule has 0 saturated carbocycles. The van der Waals surface area contributed by atoms with Crippen LogP contribution in [0.15, 0.2) is 54.6 Å². The van der Waals surface area contributed by atoms with Crippen LogP contribution in [0.25, 0.3) is 30.1 Å². The van der Waals surface area contributed by atoms with E-state index in [0.29, 0.717) is 11.5 Å². The van der Waals surface area contributed by atoms with Gasteiger partial charge in [0.05, 0.1) is 11.4 Å². The molecule has 0 spiro atoms. The van der Waals surface area contributed by atoms with Gasteiger partial charge in [-0.3, -0.25) is 0 Å². The summed E-state index contributed by atoms with van der Waals surface area (Å²) in [6.45, 7) is 0. The minimum atomic E-state index is 0.223. The van der Waals surface area contributed by atoms with Gasteiger partial charge in [0.25, 0.3) is 5.78 Å². The number of phenols is 2. The maximum Gasteiger partial charge on any atom is 0.274 e. The summed E-state index contributed by atoms with van der Waals surface area (Å²) >= 11 is 0. The highest BCUT2D eigenvalue weighted by Gasteiger charge is 2.05. The van der Waals surface area contributed by atoms with Crippen molar-refractivity contribution in [2.24, 2.45) is 0 Å². The lowest BCUT2D eigenvalue weighted by atomic mass is 10.1. The predicted octanol–water partition coefficient (Wildman–Crippen LogP) is 3.27. The maximum absolute atomic E-state index is 9.38. The first-order chi connectivity index (χ1) is 13.2. The van der Waals surface area contributed by atoms with Gasteiger partial charge in [-0.05, 0) is 64.0 Å². The second-order valence-electron chi connectivity index (χ2n) is 5.85. The van der Waals surface area contributed by atoms with Crippen LogP contribution in [0.5, 0.6) is 11.5 Å². The molecule has 0 aliphatic rings. The molecule has 0 atom stereocenters. The van der Waals surface area contributed by atoms with Crippen molar-refractivity contribution in [3.63, 3.8) is 0 Å². The van der Waals surface area contributed by atoms with Gasteiger partial charge in [-0.1, -0.05) is 41.5 Å². The van der Waals surface area contributed by atoms with Crippen molar-refractivity contribution >= 4 is 30.1 Å². The summed E-state index contributed by atoms with van der Waals surface area (Å²) < 4.78 is 1.55. The van der Waals surface area contributed by atoms with E-state index in [1.807, 2.05) is 54.6 Å². The first-order valence-electron chi connectivity index (χ1n) is 8.21. The summed E-state index contributed by atoms with van der Waals surface area (Å²) in [6.07, 6.45) is 7.55. The van der Waals surface area contributed by atoms with Gasteiger partial charge in [-0.15, -0.1) is 0 Å². The highest BCUT2D eigenvalue weighted by Crippen LogP contribution is 2.16. The van der Waals surface area contributed by atoms with Crippen LogP contribution in [0.1, 0.15) is 22.5 Å². The highest BCUT2D eigenvalue weighted by molar-refractivity contribution is 5.73. The average molecular weight is 357 g/mol. The van der Waals surface area contributed by atoms with E-state index >= 15 is 0 Å². The Balaban J connectivity index is 1.67. The summed E-state index contributed by atoms with van der Waals surface area (Å²) in [5.41, 5.74) is 3.35. The summed E-state index contributed by atoms with van der Waals surface area (Å²) in [5.74, 6) is 0.844. The Bertz CT molecular complexity index is 1130. The molecular weight excluding hydrogens is 342 g/mol. The molecule has 27 heavy (non-hydrogen) atoms. The predicted molar refractivity (Wildman–Crippen MR) is 103 cm³/mol. The molecule has 0 unspecified atom stereocenters. The lowest BCUT2D eigenvalue weighted by molar-refractivity contribution is 0.474. The Labute approximate surface area is 154 Å². The molecule has 2 heterocycles. The number of phenolic OH excluding ortho intramolecular Hbond substituents is 2. The fraction of sp³-hybridized carbons (Fsp3) is 0. The van der Waals surface area contributed by atoms with Gasteiger partial charge >= 0.3 is 0 Å². The molecular formula is C20H15N5O2. The number of rotatable bonds is 4. The van der Waals surface area contributed by atoms with E-state index in [0.717, 1.165) is 16.8 Å². The molecule has 0 radical (unpaired) electrons. The van der Waals surface area contributed by atoms with Gasteiger partial charge in [-0.2, -0.15) is 4.52 Å². The van der Waals surface area contributed by atoms with Crippen LogP contribution >= 0.6 is 0 Å². The largest absolute Gasteiger partial charge is 0.508 e. The van der Waals surface area contributed by atoms with Gasteiger partial charge in [0.2, 0.25) is 0 Å². The first-order valence-corrected chi connectivity index (χ1v) is 8.21. The minimum Gasteiger partial charge on any atom is -0.508 e. The maximum atomic E-state index is 9.38. The molecule has 4 rings (SSSR count). The van der Waals surface area contributed by atoms with Gasteiger partial charge in [0.1, 0.15) is 11.5 Å². The van der Waals surface area contributed by atoms with E-state index in [1.54, 1.807) is 28.8 Å². The third kappa shape index (κ3) is 3.82. The summed E-state index contributed by atoms with van der Waals surface area (Å²) in [7, 11) is 0. The molecule has 4 aromatic rings. The first kappa shape index (κ1) is 16.5. The van der Waals surface area contributed by atoms with Crippen LogP contribution in [0.2, 0.25) is 0 Å². The quantitative estimate of drug-likeness (QED) is 0.582. The zero-order valence-corrected chi connectivity index (χ0v) is 14.1. The van der Waals surface area contributed by atoms with Crippen LogP contribution in [0.4, 0.5) is 0 Å². The monoisotopic (exact) mass is 357 g/mol. The van der Waals surface area contributed by atoms with Gasteiger partial charge in [0, 0.05) is 0 Å². The molecule has 0 aliphatic heterocycles. The number of benzene rings is 2. The van der Waals surface area contributed by atoms with Crippen molar-refractivity contribution in [2.45, 2.75) is 0 Å². The standard InChI is InChI=1S/C20H15N5O2/c26-18-9-3-14(4-10-18)1-7-16-13-17(25-20(21-16)22-23-24-25)8-2-15-5-11-19(27)12-6-15/h1-13,26-27H. The lowest BCUT2D eigenvalue weighted by Gasteiger charge is -2.01. The zero-order chi connectivity index (χ0) is 18.6. The van der Waals surface area contributed by atoms with E-state index in [4.69, 9.17) is 0 Å². The number of nitrogens with zero attached hydrogens (tertiary/aromatic N) is 5. The molecule has 0 bridgehead atoms. The van der Waals surface area contributed by atoms with E-state index in [-0.39, 0.29) is 11.5 Å². The molecule has 0 aliphatic carbocycles. The van der Waals surface area contributed by atoms with E-state index in [2.05, 4.69) is 20.5 Å². The van der Waals surface area contributed by atoms with Crippen molar-refractivity contribution in [1.82, 2.24) is 25.0 Å². The number of hydrogen-bond acceptors (Lipinski definition) is 6. The third-order valence-electron chi connectivity index (χ3n) is 3.90. The fourth-order valence-corrected chi connectivity index (χ4v) is 2.52. The van der Waals surface area contributed by atoms with E-state index < -0.39 is 0 Å². The van der Waals surface area contributed by atoms with Crippen LogP contribution in [0, 0.1) is 0 Å². The SMILES string of the molecule is Oc1ccc(C=Cc2cc(C=Cc3ccc(O)cc3)n3nnnc3n2)cc1. The van der Waals surface area contributed by atoms with Crippen molar-refractivity contribution in [3.05, 3.63) is 77.1 Å². The molecule has 7 heteroatoms. The number of aromatic nitrogens is 5. The normalized spacial score (nSPS) is 11.7. The van der Waals surface area contributed by atoms with Crippen molar-refractivity contribution in [3.8, 4) is 11.5 Å². The summed E-state index contributed by atoms with van der Waals surface area (Å²) in [6, 6.07) is 15.6. The molecule has 0 fully saturated rings. The second kappa shape index (κ2) is 7.09. The summed E-state index contributed by atoms with van der Waals surface area (Å²) in [4.78, 5) is 4.42. The molecule has 132 valence electrons. The number of aromatic hydroxyl groups is 2. The van der Waals surface area contributed by atoms with Crippen LogP contribution in [0.3, 0.4) is 0 Å². The highest BCUT2D eigenvalue weighted by atomic mass is 16.3. The Morgan fingerprint density at radius 2 is 1.33 bits per heavy atom. The second-order valence-corrected chi connectivity index (χ2v) is 5.85. The Morgan fingerprint density at radius 3 is 1.96 bits per heavy atom. The topological polar surface area (TPSA) is 96.4 Å². The molecule has 2 N–H and O–H groups in total. The fourth-order valence-electron chi connectivity index (χ4n) is 2.52. The van der Waals surface area contributed by atoms with Crippen LogP contribution in [-0.4, -0.2) is 35.2 Å². The minimum absolute atomic E-state index is 0.223. The average Bonchev–Trinajstić information content (AvgIpc) is 3.16. The Hall–Kier alpha value is -4.00. The zero-order valence-electron chi connectivity index (χ0n) is 14.1. The number of fused-ring (bicyclic) bond motifs is 1. The van der Waals surface area contributed by atoms with Gasteiger partial charge in [-0.25, -0.2) is 4.98 Å². The van der Waals surface area contributed by atoms with Gasteiger partial charge < -0.3 is 10.2 Å². The van der Waals surface area contributed by atoms with Crippen LogP contribution < -0.4 is 0 Å². The lowest BCUT2D eigenvalue weighted by Crippen LogP contribution is -1.98. The molecule has 0 saturated heterocycles. The number of tetrazole rings is 1. The van der Waals surface area contributed by atoms with Crippen molar-refractivity contribution < 1.29 is 10.2 Å². The molecule has 7 nitrogen and oxygen atoms in total. The molecule has 2 aromatic heterocycles. The van der Waals surface area contributed by atoms with Crippen molar-refractivity contribution in [2.75, 3.05) is 0 Å². The third-order valence-corrected chi connectivity index (χ3v) is 3.90. The summed E-state index contributed by atoms with van der Waals surface area (Å²) in [5, 5.41) is 30.3. The molecule has 0 amide bonds. The van der Waals surface area contributed by atoms with E-state index in [1.165, 1.54) is 0 Å².